The Kier molecular flexibility index (Phi) is 6.38. The molecule has 0 aliphatic rings. The number of carbonyl (C=O) groups excluding carboxylic acids is 1. The molecule has 1 heterocycles. The van der Waals surface area contributed by atoms with Gasteiger partial charge in [-0.25, -0.2) is 10.4 Å². The molecule has 8 heteroatoms. The van der Waals surface area contributed by atoms with Crippen LogP contribution in [0.2, 0.25) is 0 Å². The first-order valence-electron chi connectivity index (χ1n) is 9.62. The molecule has 4 aromatic rings. The third-order valence-electron chi connectivity index (χ3n) is 4.58. The van der Waals surface area contributed by atoms with E-state index in [1.165, 1.54) is 24.0 Å². The summed E-state index contributed by atoms with van der Waals surface area (Å²) in [4.78, 5) is 17.0. The number of nitrogens with one attached hydrogen (secondary N) is 1. The van der Waals surface area contributed by atoms with E-state index in [1.807, 2.05) is 42.5 Å². The van der Waals surface area contributed by atoms with E-state index in [1.54, 1.807) is 12.1 Å². The monoisotopic (exact) mass is 426 g/mol. The van der Waals surface area contributed by atoms with Gasteiger partial charge in [-0.1, -0.05) is 71.8 Å². The highest BCUT2D eigenvalue weighted by Gasteiger charge is 2.13. The van der Waals surface area contributed by atoms with Crippen molar-refractivity contribution in [3.63, 3.8) is 0 Å². The van der Waals surface area contributed by atoms with Crippen LogP contribution in [-0.2, 0) is 11.3 Å². The van der Waals surface area contributed by atoms with Crippen molar-refractivity contribution in [1.29, 1.82) is 0 Å². The van der Waals surface area contributed by atoms with Crippen molar-refractivity contribution in [2.45, 2.75) is 11.7 Å². The molecule has 152 valence electrons. The molecule has 0 bridgehead atoms. The molecule has 2 N–H and O–H groups in total. The molecule has 0 spiro atoms. The molecule has 0 aliphatic carbocycles. The summed E-state index contributed by atoms with van der Waals surface area (Å²) in [5.74, 6) is -0.0857. The second-order valence-electron chi connectivity index (χ2n) is 6.85. The number of carbonyl (C=O) groups is 1. The summed E-state index contributed by atoms with van der Waals surface area (Å²) in [5, 5.41) is 14.5. The van der Waals surface area contributed by atoms with Gasteiger partial charge in [0.05, 0.1) is 29.5 Å². The number of phenols is 1. The Balaban J connectivity index is 1.44. The number of thioether (sulfide) groups is 1. The lowest BCUT2D eigenvalue weighted by Gasteiger charge is -2.09. The second kappa shape index (κ2) is 9.53. The number of para-hydroxylation sites is 2. The van der Waals surface area contributed by atoms with Gasteiger partial charge >= 0.3 is 0 Å². The summed E-state index contributed by atoms with van der Waals surface area (Å²) in [6, 6.07) is 22.7. The van der Waals surface area contributed by atoms with E-state index < -0.39 is 0 Å². The van der Waals surface area contributed by atoms with Crippen molar-refractivity contribution in [3.05, 3.63) is 83.9 Å². The van der Waals surface area contributed by atoms with Crippen molar-refractivity contribution in [1.82, 2.24) is 15.0 Å². The summed E-state index contributed by atoms with van der Waals surface area (Å²) < 4.78 is 2.11. The van der Waals surface area contributed by atoms with Gasteiger partial charge in [0.1, 0.15) is 13.6 Å². The molecule has 4 rings (SSSR count). The quantitative estimate of drug-likeness (QED) is 0.206. The van der Waals surface area contributed by atoms with E-state index in [9.17, 15) is 9.90 Å². The molecular formula is C23H19BN4O2S. The molecule has 0 atom stereocenters. The fourth-order valence-corrected chi connectivity index (χ4v) is 3.90. The number of amides is 1. The highest BCUT2D eigenvalue weighted by molar-refractivity contribution is 7.99. The number of imidazole rings is 1. The van der Waals surface area contributed by atoms with E-state index in [-0.39, 0.29) is 17.4 Å². The van der Waals surface area contributed by atoms with Gasteiger partial charge in [0.2, 0.25) is 0 Å². The van der Waals surface area contributed by atoms with Crippen molar-refractivity contribution < 1.29 is 9.90 Å². The minimum absolute atomic E-state index is 0.0382. The molecule has 0 saturated carbocycles. The van der Waals surface area contributed by atoms with Crippen LogP contribution in [0.4, 0.5) is 0 Å². The SMILES string of the molecule is [B]c1ccc(O)c(/C=N/NC(=O)CSc2nc3ccccc3n2Cc2ccccc2)c1. The number of rotatable bonds is 7. The summed E-state index contributed by atoms with van der Waals surface area (Å²) >= 11 is 1.35. The van der Waals surface area contributed by atoms with Gasteiger partial charge in [-0.05, 0) is 23.8 Å². The molecule has 1 amide bonds. The van der Waals surface area contributed by atoms with Crippen LogP contribution in [-0.4, -0.2) is 40.4 Å². The molecule has 6 nitrogen and oxygen atoms in total. The lowest BCUT2D eigenvalue weighted by molar-refractivity contribution is -0.118. The zero-order chi connectivity index (χ0) is 21.6. The van der Waals surface area contributed by atoms with Crippen LogP contribution in [0, 0.1) is 0 Å². The number of phenolic OH excluding ortho intramolecular Hbond substituents is 1. The first-order chi connectivity index (χ1) is 15.1. The number of benzene rings is 3. The van der Waals surface area contributed by atoms with Crippen LogP contribution in [0.3, 0.4) is 0 Å². The van der Waals surface area contributed by atoms with Crippen LogP contribution < -0.4 is 10.9 Å². The van der Waals surface area contributed by atoms with Gasteiger partial charge in [0.15, 0.2) is 5.16 Å². The number of hydrogen-bond acceptors (Lipinski definition) is 5. The van der Waals surface area contributed by atoms with Gasteiger partial charge < -0.3 is 9.67 Å². The Hall–Kier alpha value is -3.52. The molecule has 2 radical (unpaired) electrons. The number of hydrogen-bond donors (Lipinski definition) is 2. The Morgan fingerprint density at radius 3 is 2.74 bits per heavy atom. The topological polar surface area (TPSA) is 79.5 Å². The Bertz CT molecular complexity index is 1240. The minimum Gasteiger partial charge on any atom is -0.507 e. The average molecular weight is 426 g/mol. The van der Waals surface area contributed by atoms with E-state index in [0.717, 1.165) is 21.8 Å². The average Bonchev–Trinajstić information content (AvgIpc) is 3.13. The lowest BCUT2D eigenvalue weighted by Crippen LogP contribution is -2.20. The fraction of sp³-hybridized carbons (Fsp3) is 0.0870. The number of aromatic hydroxyl groups is 1. The first-order valence-corrected chi connectivity index (χ1v) is 10.6. The lowest BCUT2D eigenvalue weighted by atomic mass is 9.94. The normalized spacial score (nSPS) is 11.2. The van der Waals surface area contributed by atoms with Crippen LogP contribution in [0.15, 0.2) is 83.1 Å². The van der Waals surface area contributed by atoms with Gasteiger partial charge in [-0.15, -0.1) is 0 Å². The van der Waals surface area contributed by atoms with Gasteiger partial charge in [-0.2, -0.15) is 5.10 Å². The van der Waals surface area contributed by atoms with Gasteiger partial charge in [0, 0.05) is 5.56 Å². The number of fused-ring (bicyclic) bond motifs is 1. The zero-order valence-corrected chi connectivity index (χ0v) is 17.4. The fourth-order valence-electron chi connectivity index (χ4n) is 3.09. The Labute approximate surface area is 185 Å². The predicted molar refractivity (Wildman–Crippen MR) is 125 cm³/mol. The predicted octanol–water partition coefficient (Wildman–Crippen LogP) is 2.83. The standard InChI is InChI=1S/C23H19BN4O2S/c24-18-10-11-21(29)17(12-18)13-25-27-22(30)15-31-23-26-19-8-4-5-9-20(19)28(23)14-16-6-2-1-3-7-16/h1-13,29H,14-15H2,(H,27,30)/b25-13+. The maximum Gasteiger partial charge on any atom is 0.250 e. The maximum atomic E-state index is 12.3. The van der Waals surface area contributed by atoms with Crippen LogP contribution >= 0.6 is 11.8 Å². The van der Waals surface area contributed by atoms with Crippen LogP contribution in [0.5, 0.6) is 5.75 Å². The molecule has 1 aromatic heterocycles. The summed E-state index contributed by atoms with van der Waals surface area (Å²) in [7, 11) is 5.70. The third-order valence-corrected chi connectivity index (χ3v) is 5.56. The summed E-state index contributed by atoms with van der Waals surface area (Å²) in [6.07, 6.45) is 1.36. The van der Waals surface area contributed by atoms with Crippen molar-refractivity contribution in [2.24, 2.45) is 5.10 Å². The number of aromatic nitrogens is 2. The molecule has 0 unspecified atom stereocenters. The maximum absolute atomic E-state index is 12.3. The number of hydrazone groups is 1. The van der Waals surface area contributed by atoms with E-state index >= 15 is 0 Å². The van der Waals surface area contributed by atoms with E-state index in [2.05, 4.69) is 27.2 Å². The van der Waals surface area contributed by atoms with Crippen LogP contribution in [0.1, 0.15) is 11.1 Å². The zero-order valence-electron chi connectivity index (χ0n) is 16.6. The van der Waals surface area contributed by atoms with Crippen molar-refractivity contribution in [2.75, 3.05) is 5.75 Å². The number of nitrogens with zero attached hydrogens (tertiary/aromatic N) is 3. The first kappa shape index (κ1) is 20.7. The molecular weight excluding hydrogens is 407 g/mol. The molecule has 0 saturated heterocycles. The Morgan fingerprint density at radius 1 is 1.13 bits per heavy atom. The largest absolute Gasteiger partial charge is 0.507 e. The molecule has 31 heavy (non-hydrogen) atoms. The smallest absolute Gasteiger partial charge is 0.250 e. The summed E-state index contributed by atoms with van der Waals surface area (Å²) in [5.41, 5.74) is 6.46. The second-order valence-corrected chi connectivity index (χ2v) is 7.80. The Morgan fingerprint density at radius 2 is 1.90 bits per heavy atom. The van der Waals surface area contributed by atoms with Gasteiger partial charge in [-0.3, -0.25) is 4.79 Å². The van der Waals surface area contributed by atoms with Crippen molar-refractivity contribution >= 4 is 48.2 Å². The van der Waals surface area contributed by atoms with Crippen LogP contribution in [0.25, 0.3) is 11.0 Å². The van der Waals surface area contributed by atoms with Gasteiger partial charge in [0.25, 0.3) is 5.91 Å². The minimum atomic E-state index is -0.275. The summed E-state index contributed by atoms with van der Waals surface area (Å²) in [6.45, 7) is 0.665. The highest BCUT2D eigenvalue weighted by atomic mass is 32.2. The molecule has 0 fully saturated rings. The molecule has 3 aromatic carbocycles. The van der Waals surface area contributed by atoms with E-state index in [4.69, 9.17) is 12.8 Å². The highest BCUT2D eigenvalue weighted by Crippen LogP contribution is 2.25. The van der Waals surface area contributed by atoms with Crippen molar-refractivity contribution in [3.8, 4) is 5.75 Å². The third kappa shape index (κ3) is 5.16. The molecule has 0 aliphatic heterocycles. The van der Waals surface area contributed by atoms with E-state index in [0.29, 0.717) is 17.6 Å².